The van der Waals surface area contributed by atoms with Gasteiger partial charge in [0.25, 0.3) is 0 Å². The first-order chi connectivity index (χ1) is 9.40. The first-order valence-corrected chi connectivity index (χ1v) is 6.03. The molecule has 0 saturated carbocycles. The van der Waals surface area contributed by atoms with E-state index in [1.165, 1.54) is 35.1 Å². The Morgan fingerprint density at radius 2 is 1.90 bits per heavy atom. The highest BCUT2D eigenvalue weighted by Gasteiger charge is 2.17. The maximum Gasteiger partial charge on any atom is 0.341 e. The zero-order valence-corrected chi connectivity index (χ0v) is 11.0. The zero-order valence-electron chi connectivity index (χ0n) is 11.0. The maximum absolute atomic E-state index is 12.9. The second-order valence-electron chi connectivity index (χ2n) is 4.61. The van der Waals surface area contributed by atoms with Gasteiger partial charge in [-0.2, -0.15) is 5.10 Å². The molecule has 104 valence electrons. The summed E-state index contributed by atoms with van der Waals surface area (Å²) in [5, 5.41) is 13.2. The van der Waals surface area contributed by atoms with Crippen molar-refractivity contribution in [2.45, 2.75) is 19.9 Å². The second kappa shape index (κ2) is 5.24. The van der Waals surface area contributed by atoms with Crippen LogP contribution in [-0.4, -0.2) is 20.9 Å². The molecule has 1 aromatic carbocycles. The molecule has 0 fully saturated rings. The summed E-state index contributed by atoms with van der Waals surface area (Å²) in [6.07, 6.45) is 1.21. The van der Waals surface area contributed by atoms with Gasteiger partial charge in [-0.15, -0.1) is 0 Å². The van der Waals surface area contributed by atoms with Crippen LogP contribution in [0.2, 0.25) is 0 Å². The van der Waals surface area contributed by atoms with Gasteiger partial charge in [-0.05, 0) is 38.1 Å². The smallest absolute Gasteiger partial charge is 0.341 e. The lowest BCUT2D eigenvalue weighted by atomic mass is 10.1. The van der Waals surface area contributed by atoms with Gasteiger partial charge in [0.05, 0.1) is 0 Å². The molecule has 0 bridgehead atoms. The highest BCUT2D eigenvalue weighted by molar-refractivity contribution is 5.88. The summed E-state index contributed by atoms with van der Waals surface area (Å²) in [6, 6.07) is 5.09. The van der Waals surface area contributed by atoms with Crippen LogP contribution in [0, 0.1) is 5.82 Å². The van der Waals surface area contributed by atoms with Gasteiger partial charge in [-0.3, -0.25) is 9.48 Å². The fourth-order valence-electron chi connectivity index (χ4n) is 1.72. The van der Waals surface area contributed by atoms with Crippen molar-refractivity contribution in [2.75, 3.05) is 0 Å². The molecule has 2 aromatic rings. The number of nitrogens with zero attached hydrogens (tertiary/aromatic N) is 2. The third-order valence-electron chi connectivity index (χ3n) is 2.81. The SMILES string of the molecule is CC(C)n1cc(C(=O)O)c(=O)c(-c2ccc(F)cc2)n1. The van der Waals surface area contributed by atoms with Crippen LogP contribution in [0.5, 0.6) is 0 Å². The summed E-state index contributed by atoms with van der Waals surface area (Å²) in [5.74, 6) is -1.75. The van der Waals surface area contributed by atoms with Crippen molar-refractivity contribution in [1.29, 1.82) is 0 Å². The lowest BCUT2D eigenvalue weighted by molar-refractivity contribution is 0.0694. The molecule has 5 nitrogen and oxygen atoms in total. The highest BCUT2D eigenvalue weighted by Crippen LogP contribution is 2.15. The third kappa shape index (κ3) is 2.59. The minimum absolute atomic E-state index is 0.00130. The van der Waals surface area contributed by atoms with Gasteiger partial charge >= 0.3 is 5.97 Å². The van der Waals surface area contributed by atoms with E-state index in [4.69, 9.17) is 5.11 Å². The summed E-state index contributed by atoms with van der Waals surface area (Å²) in [5.41, 5.74) is -0.651. The van der Waals surface area contributed by atoms with E-state index in [1.807, 2.05) is 13.8 Å². The molecular formula is C14H13FN2O3. The lowest BCUT2D eigenvalue weighted by Gasteiger charge is -2.12. The zero-order chi connectivity index (χ0) is 14.9. The maximum atomic E-state index is 12.9. The molecule has 0 unspecified atom stereocenters. The molecular weight excluding hydrogens is 263 g/mol. The largest absolute Gasteiger partial charge is 0.477 e. The summed E-state index contributed by atoms with van der Waals surface area (Å²) < 4.78 is 14.3. The number of carboxylic acid groups (broad SMARTS) is 1. The van der Waals surface area contributed by atoms with Crippen LogP contribution in [0.15, 0.2) is 35.3 Å². The van der Waals surface area contributed by atoms with Crippen LogP contribution in [0.3, 0.4) is 0 Å². The number of halogens is 1. The molecule has 1 N–H and O–H groups in total. The Bertz CT molecular complexity index is 705. The molecule has 0 aliphatic heterocycles. The van der Waals surface area contributed by atoms with E-state index in [-0.39, 0.29) is 17.3 Å². The fraction of sp³-hybridized carbons (Fsp3) is 0.214. The van der Waals surface area contributed by atoms with Gasteiger partial charge in [-0.1, -0.05) is 0 Å². The highest BCUT2D eigenvalue weighted by atomic mass is 19.1. The standard InChI is InChI=1S/C14H13FN2O3/c1-8(2)17-7-11(14(19)20)13(18)12(16-17)9-3-5-10(15)6-4-9/h3-8H,1-2H3,(H,19,20). The van der Waals surface area contributed by atoms with E-state index in [9.17, 15) is 14.0 Å². The number of hydrogen-bond acceptors (Lipinski definition) is 3. The molecule has 0 saturated heterocycles. The van der Waals surface area contributed by atoms with Crippen LogP contribution in [0.25, 0.3) is 11.3 Å². The molecule has 0 atom stereocenters. The van der Waals surface area contributed by atoms with Gasteiger partial charge in [0.1, 0.15) is 17.1 Å². The Kier molecular flexibility index (Phi) is 3.65. The quantitative estimate of drug-likeness (QED) is 0.933. The van der Waals surface area contributed by atoms with Crippen molar-refractivity contribution in [3.05, 3.63) is 52.1 Å². The first-order valence-electron chi connectivity index (χ1n) is 6.03. The van der Waals surface area contributed by atoms with E-state index < -0.39 is 17.2 Å². The molecule has 0 amide bonds. The van der Waals surface area contributed by atoms with Crippen molar-refractivity contribution in [1.82, 2.24) is 9.78 Å². The summed E-state index contributed by atoms with van der Waals surface area (Å²) >= 11 is 0. The monoisotopic (exact) mass is 276 g/mol. The molecule has 1 heterocycles. The average molecular weight is 276 g/mol. The molecule has 0 spiro atoms. The number of aromatic nitrogens is 2. The minimum Gasteiger partial charge on any atom is -0.477 e. The Balaban J connectivity index is 2.71. The summed E-state index contributed by atoms with van der Waals surface area (Å²) in [7, 11) is 0. The molecule has 0 radical (unpaired) electrons. The summed E-state index contributed by atoms with van der Waals surface area (Å²) in [6.45, 7) is 3.63. The van der Waals surface area contributed by atoms with Gasteiger partial charge in [0.15, 0.2) is 0 Å². The fourth-order valence-corrected chi connectivity index (χ4v) is 1.72. The normalized spacial score (nSPS) is 10.8. The van der Waals surface area contributed by atoms with E-state index in [2.05, 4.69) is 5.10 Å². The van der Waals surface area contributed by atoms with Crippen molar-refractivity contribution in [2.24, 2.45) is 0 Å². The first kappa shape index (κ1) is 13.9. The van der Waals surface area contributed by atoms with Crippen molar-refractivity contribution in [3.8, 4) is 11.3 Å². The molecule has 1 aromatic heterocycles. The number of hydrogen-bond donors (Lipinski definition) is 1. The third-order valence-corrected chi connectivity index (χ3v) is 2.81. The minimum atomic E-state index is -1.31. The Hall–Kier alpha value is -2.50. The number of carbonyl (C=O) groups is 1. The van der Waals surface area contributed by atoms with E-state index in [0.29, 0.717) is 5.56 Å². The summed E-state index contributed by atoms with van der Waals surface area (Å²) in [4.78, 5) is 23.3. The predicted molar refractivity (Wildman–Crippen MR) is 71.2 cm³/mol. The lowest BCUT2D eigenvalue weighted by Crippen LogP contribution is -2.23. The predicted octanol–water partition coefficient (Wildman–Crippen LogP) is 2.33. The molecule has 6 heteroatoms. The van der Waals surface area contributed by atoms with E-state index in [0.717, 1.165) is 0 Å². The molecule has 0 aliphatic carbocycles. The topological polar surface area (TPSA) is 72.2 Å². The molecule has 0 aliphatic rings. The Morgan fingerprint density at radius 1 is 1.30 bits per heavy atom. The van der Waals surface area contributed by atoms with E-state index in [1.54, 1.807) is 0 Å². The van der Waals surface area contributed by atoms with Crippen LogP contribution in [0.1, 0.15) is 30.2 Å². The van der Waals surface area contributed by atoms with Crippen molar-refractivity contribution in [3.63, 3.8) is 0 Å². The van der Waals surface area contributed by atoms with Crippen LogP contribution >= 0.6 is 0 Å². The van der Waals surface area contributed by atoms with E-state index >= 15 is 0 Å². The van der Waals surface area contributed by atoms with Gasteiger partial charge < -0.3 is 5.11 Å². The number of benzene rings is 1. The van der Waals surface area contributed by atoms with Gasteiger partial charge in [-0.25, -0.2) is 9.18 Å². The molecule has 2 rings (SSSR count). The Morgan fingerprint density at radius 3 is 2.40 bits per heavy atom. The van der Waals surface area contributed by atoms with Crippen LogP contribution < -0.4 is 5.43 Å². The van der Waals surface area contributed by atoms with Crippen LogP contribution in [0.4, 0.5) is 4.39 Å². The van der Waals surface area contributed by atoms with Crippen molar-refractivity contribution < 1.29 is 14.3 Å². The van der Waals surface area contributed by atoms with Crippen LogP contribution in [-0.2, 0) is 0 Å². The Labute approximate surface area is 114 Å². The number of carboxylic acids is 1. The number of aromatic carboxylic acids is 1. The second-order valence-corrected chi connectivity index (χ2v) is 4.61. The van der Waals surface area contributed by atoms with Crippen molar-refractivity contribution >= 4 is 5.97 Å². The average Bonchev–Trinajstić information content (AvgIpc) is 2.39. The molecule has 20 heavy (non-hydrogen) atoms. The number of rotatable bonds is 3. The van der Waals surface area contributed by atoms with Gasteiger partial charge in [0.2, 0.25) is 5.43 Å². The van der Waals surface area contributed by atoms with Gasteiger partial charge in [0, 0.05) is 17.8 Å².